The van der Waals surface area contributed by atoms with Crippen molar-refractivity contribution < 1.29 is 5.11 Å². The fourth-order valence-electron chi connectivity index (χ4n) is 4.80. The summed E-state index contributed by atoms with van der Waals surface area (Å²) in [6.07, 6.45) is 3.28. The van der Waals surface area contributed by atoms with Crippen LogP contribution in [0.25, 0.3) is 0 Å². The number of hydrogen-bond acceptors (Lipinski definition) is 1. The molecule has 0 aromatic heterocycles. The van der Waals surface area contributed by atoms with Gasteiger partial charge in [0, 0.05) is 0 Å². The number of halogens is 1. The summed E-state index contributed by atoms with van der Waals surface area (Å²) in [7, 11) is 7.29. The summed E-state index contributed by atoms with van der Waals surface area (Å²) in [5.74, 6) is 0.684. The Morgan fingerprint density at radius 1 is 1.29 bits per heavy atom. The normalized spacial score (nSPS) is 36.6. The van der Waals surface area contributed by atoms with Gasteiger partial charge in [0.15, 0.2) is 0 Å². The van der Waals surface area contributed by atoms with Gasteiger partial charge in [-0.25, -0.2) is 0 Å². The first-order valence-electron chi connectivity index (χ1n) is 8.07. The molecule has 3 heteroatoms. The summed E-state index contributed by atoms with van der Waals surface area (Å²) in [5.41, 5.74) is 0.300. The molecule has 0 spiro atoms. The summed E-state index contributed by atoms with van der Waals surface area (Å²) in [5, 5.41) is 10.8. The van der Waals surface area contributed by atoms with Crippen LogP contribution < -0.4 is 3.61 Å². The zero-order chi connectivity index (χ0) is 15.3. The molecule has 2 aliphatic carbocycles. The Bertz CT molecular complexity index is 517. The first-order valence-corrected chi connectivity index (χ1v) is 15.5. The van der Waals surface area contributed by atoms with Gasteiger partial charge < -0.3 is 0 Å². The van der Waals surface area contributed by atoms with Crippen molar-refractivity contribution in [1.29, 1.82) is 0 Å². The second-order valence-electron chi connectivity index (χ2n) is 7.40. The van der Waals surface area contributed by atoms with E-state index in [1.807, 2.05) is 0 Å². The molecule has 0 saturated heterocycles. The summed E-state index contributed by atoms with van der Waals surface area (Å²) in [6, 6.07) is 10.7. The van der Waals surface area contributed by atoms with Crippen LogP contribution in [0, 0.1) is 16.7 Å². The van der Waals surface area contributed by atoms with Crippen LogP contribution in [0.4, 0.5) is 0 Å². The van der Waals surface area contributed by atoms with Crippen LogP contribution in [0.2, 0.25) is 8.94 Å². The first-order chi connectivity index (χ1) is 9.86. The van der Waals surface area contributed by atoms with Crippen LogP contribution in [0.3, 0.4) is 0 Å². The van der Waals surface area contributed by atoms with E-state index in [0.717, 1.165) is 15.4 Å². The number of aliphatic hydroxyl groups excluding tert-OH is 1. The van der Waals surface area contributed by atoms with Crippen LogP contribution in [0.15, 0.2) is 30.3 Å². The van der Waals surface area contributed by atoms with Crippen LogP contribution in [-0.2, 0) is 0 Å². The fraction of sp³-hybridized carbons (Fsp3) is 0.667. The molecule has 2 bridgehead atoms. The molecule has 21 heavy (non-hydrogen) atoms. The van der Waals surface area contributed by atoms with Gasteiger partial charge >= 0.3 is 137 Å². The third-order valence-electron chi connectivity index (χ3n) is 6.50. The van der Waals surface area contributed by atoms with Gasteiger partial charge in [-0.1, -0.05) is 0 Å². The fourth-order valence-corrected chi connectivity index (χ4v) is 15.0. The molecule has 0 amide bonds. The third-order valence-corrected chi connectivity index (χ3v) is 18.5. The van der Waals surface area contributed by atoms with Crippen molar-refractivity contribution in [2.24, 2.45) is 16.7 Å². The molecule has 4 atom stereocenters. The molecular weight excluding hydrogens is 395 g/mol. The minimum atomic E-state index is -2.67. The van der Waals surface area contributed by atoms with E-state index in [1.165, 1.54) is 16.5 Å². The van der Waals surface area contributed by atoms with Crippen LogP contribution in [0.5, 0.6) is 0 Å². The quantitative estimate of drug-likeness (QED) is 0.718. The summed E-state index contributed by atoms with van der Waals surface area (Å²) >= 11 is -2.67. The van der Waals surface area contributed by atoms with Crippen molar-refractivity contribution in [2.75, 3.05) is 0 Å². The molecule has 3 rings (SSSR count). The van der Waals surface area contributed by atoms with Crippen LogP contribution in [-0.4, -0.2) is 28.3 Å². The van der Waals surface area contributed by atoms with Gasteiger partial charge in [0.05, 0.1) is 0 Å². The van der Waals surface area contributed by atoms with Gasteiger partial charge in [-0.3, -0.25) is 0 Å². The molecule has 0 aliphatic heterocycles. The molecule has 2 fully saturated rings. The molecule has 1 aromatic rings. The predicted octanol–water partition coefficient (Wildman–Crippen LogP) is 4.29. The molecule has 0 heterocycles. The standard InChI is InChI=1S/C18H27ClOTe/c1-4-21(19,15-8-6-5-7-9-15)13-18-11-10-14(12-16(18)20)17(18,2)3/h5-9,14,16,20H,4,10-13H2,1-3H3/t14-,16-,18-/m1/s1. The monoisotopic (exact) mass is 424 g/mol. The summed E-state index contributed by atoms with van der Waals surface area (Å²) in [4.78, 5) is 0. The van der Waals surface area contributed by atoms with Crippen molar-refractivity contribution in [1.82, 2.24) is 0 Å². The van der Waals surface area contributed by atoms with E-state index in [2.05, 4.69) is 51.1 Å². The van der Waals surface area contributed by atoms with Gasteiger partial charge in [-0.2, -0.15) is 0 Å². The number of aliphatic hydroxyl groups is 1. The first kappa shape index (κ1) is 16.1. The minimum absolute atomic E-state index is 0.0619. The Morgan fingerprint density at radius 3 is 2.43 bits per heavy atom. The second-order valence-corrected chi connectivity index (χ2v) is 19.7. The van der Waals surface area contributed by atoms with E-state index in [1.54, 1.807) is 0 Å². The van der Waals surface area contributed by atoms with E-state index in [-0.39, 0.29) is 16.9 Å². The van der Waals surface area contributed by atoms with E-state index in [9.17, 15) is 5.11 Å². The number of hydrogen-bond donors (Lipinski definition) is 1. The average molecular weight is 422 g/mol. The predicted molar refractivity (Wildman–Crippen MR) is 92.5 cm³/mol. The van der Waals surface area contributed by atoms with Gasteiger partial charge in [0.25, 0.3) is 0 Å². The molecule has 0 unspecified atom stereocenters. The van der Waals surface area contributed by atoms with E-state index >= 15 is 0 Å². The molecular formula is C18H27ClOTe. The SMILES string of the molecule is CC[Te@@](Cl)(C[C@]12CC[C@H](C[C@H]1O)C2(C)C)c1ccccc1. The Labute approximate surface area is 136 Å². The Balaban J connectivity index is 1.97. The van der Waals surface area contributed by atoms with Crippen molar-refractivity contribution in [3.05, 3.63) is 30.3 Å². The molecule has 2 aliphatic rings. The Hall–Kier alpha value is 0.260. The van der Waals surface area contributed by atoms with Gasteiger partial charge in [0.2, 0.25) is 0 Å². The summed E-state index contributed by atoms with van der Waals surface area (Å²) in [6.45, 7) is 7.00. The van der Waals surface area contributed by atoms with Gasteiger partial charge in [-0.05, 0) is 0 Å². The van der Waals surface area contributed by atoms with Crippen LogP contribution in [0.1, 0.15) is 40.0 Å². The molecule has 1 nitrogen and oxygen atoms in total. The van der Waals surface area contributed by atoms with Crippen molar-refractivity contribution in [3.8, 4) is 0 Å². The number of benzene rings is 1. The van der Waals surface area contributed by atoms with E-state index in [4.69, 9.17) is 8.96 Å². The second kappa shape index (κ2) is 5.41. The zero-order valence-electron chi connectivity index (χ0n) is 13.3. The van der Waals surface area contributed by atoms with Crippen molar-refractivity contribution >= 4 is 29.6 Å². The Morgan fingerprint density at radius 2 is 1.95 bits per heavy atom. The molecule has 1 N–H and O–H groups in total. The maximum atomic E-state index is 10.8. The zero-order valence-corrected chi connectivity index (χ0v) is 16.4. The van der Waals surface area contributed by atoms with Gasteiger partial charge in [0.1, 0.15) is 0 Å². The average Bonchev–Trinajstić information content (AvgIpc) is 2.82. The van der Waals surface area contributed by atoms with E-state index < -0.39 is 17.1 Å². The van der Waals surface area contributed by atoms with E-state index in [0.29, 0.717) is 5.92 Å². The topological polar surface area (TPSA) is 20.2 Å². The number of rotatable bonds is 4. The number of fused-ring (bicyclic) bond motifs is 2. The van der Waals surface area contributed by atoms with Crippen molar-refractivity contribution in [3.63, 3.8) is 0 Å². The van der Waals surface area contributed by atoms with Crippen molar-refractivity contribution in [2.45, 2.75) is 55.1 Å². The molecule has 0 radical (unpaired) electrons. The third kappa shape index (κ3) is 2.29. The van der Waals surface area contributed by atoms with Gasteiger partial charge in [-0.15, -0.1) is 0 Å². The Kier molecular flexibility index (Phi) is 4.16. The molecule has 1 aromatic carbocycles. The van der Waals surface area contributed by atoms with Crippen LogP contribution >= 0.6 is 8.96 Å². The summed E-state index contributed by atoms with van der Waals surface area (Å²) < 4.78 is 3.54. The molecule has 118 valence electrons. The molecule has 2 saturated carbocycles. The maximum absolute atomic E-state index is 10.8.